The third-order valence-corrected chi connectivity index (χ3v) is 4.20. The van der Waals surface area contributed by atoms with Crippen LogP contribution in [-0.2, 0) is 4.79 Å². The molecule has 0 bridgehead atoms. The van der Waals surface area contributed by atoms with E-state index in [0.717, 1.165) is 22.2 Å². The van der Waals surface area contributed by atoms with Gasteiger partial charge in [-0.05, 0) is 59.6 Å². The molecule has 2 heterocycles. The molecule has 3 rings (SSSR count). The molecule has 1 unspecified atom stereocenters. The summed E-state index contributed by atoms with van der Waals surface area (Å²) in [4.78, 5) is 12.5. The Morgan fingerprint density at radius 2 is 2.23 bits per heavy atom. The number of aromatic nitrogens is 2. The second-order valence-electron chi connectivity index (χ2n) is 4.98. The Morgan fingerprint density at radius 3 is 3.00 bits per heavy atom. The van der Waals surface area contributed by atoms with E-state index in [1.165, 1.54) is 0 Å². The summed E-state index contributed by atoms with van der Waals surface area (Å²) in [6.45, 7) is 0.473. The first-order chi connectivity index (χ1) is 10.8. The first kappa shape index (κ1) is 14.6. The molecule has 3 aromatic rings. The van der Waals surface area contributed by atoms with E-state index in [0.29, 0.717) is 13.0 Å². The van der Waals surface area contributed by atoms with Gasteiger partial charge < -0.3 is 11.1 Å². The van der Waals surface area contributed by atoms with Crippen molar-refractivity contribution in [2.45, 2.75) is 12.3 Å². The molecule has 0 aliphatic heterocycles. The number of amides is 1. The van der Waals surface area contributed by atoms with E-state index in [2.05, 4.69) is 15.5 Å². The molecule has 0 saturated carbocycles. The fraction of sp³-hybridized carbons (Fsp3) is 0.188. The number of carbonyl (C=O) groups excluding carboxylic acids is 1. The summed E-state index contributed by atoms with van der Waals surface area (Å²) in [7, 11) is 0. The van der Waals surface area contributed by atoms with Crippen LogP contribution in [0.5, 0.6) is 0 Å². The Hall–Kier alpha value is -2.31. The van der Waals surface area contributed by atoms with Gasteiger partial charge in [0.2, 0.25) is 5.91 Å². The van der Waals surface area contributed by atoms with Gasteiger partial charge in [0.1, 0.15) is 0 Å². The molecule has 0 fully saturated rings. The average Bonchev–Trinajstić information content (AvgIpc) is 3.06. The Bertz CT molecular complexity index is 773. The fourth-order valence-corrected chi connectivity index (χ4v) is 3.10. The Kier molecular flexibility index (Phi) is 4.41. The van der Waals surface area contributed by atoms with Gasteiger partial charge in [0, 0.05) is 11.1 Å². The van der Waals surface area contributed by atoms with E-state index in [1.54, 1.807) is 17.5 Å². The maximum absolute atomic E-state index is 12.5. The number of nitrogens with zero attached hydrogens (tertiary/aromatic N) is 2. The summed E-state index contributed by atoms with van der Waals surface area (Å²) in [5.74, 6) is -0.257. The van der Waals surface area contributed by atoms with Crippen molar-refractivity contribution >= 4 is 33.8 Å². The molecule has 0 aliphatic rings. The zero-order chi connectivity index (χ0) is 15.4. The van der Waals surface area contributed by atoms with Crippen molar-refractivity contribution in [3.8, 4) is 0 Å². The second-order valence-corrected chi connectivity index (χ2v) is 5.76. The number of carbonyl (C=O) groups is 1. The summed E-state index contributed by atoms with van der Waals surface area (Å²) in [6, 6.07) is 9.42. The van der Waals surface area contributed by atoms with Gasteiger partial charge in [-0.2, -0.15) is 21.5 Å². The Morgan fingerprint density at radius 1 is 1.32 bits per heavy atom. The number of rotatable bonds is 5. The van der Waals surface area contributed by atoms with Crippen LogP contribution < -0.4 is 11.1 Å². The zero-order valence-corrected chi connectivity index (χ0v) is 12.7. The summed E-state index contributed by atoms with van der Waals surface area (Å²) in [5, 5.41) is 15.7. The maximum Gasteiger partial charge on any atom is 0.231 e. The molecule has 1 aromatic carbocycles. The first-order valence-corrected chi connectivity index (χ1v) is 7.96. The molecule has 0 radical (unpaired) electrons. The molecule has 0 aliphatic carbocycles. The topological polar surface area (TPSA) is 80.9 Å². The van der Waals surface area contributed by atoms with Crippen LogP contribution in [0.1, 0.15) is 17.9 Å². The van der Waals surface area contributed by atoms with Crippen molar-refractivity contribution in [3.63, 3.8) is 0 Å². The maximum atomic E-state index is 12.5. The lowest BCUT2D eigenvalue weighted by atomic mass is 9.97. The lowest BCUT2D eigenvalue weighted by Gasteiger charge is -2.15. The first-order valence-electron chi connectivity index (χ1n) is 7.02. The van der Waals surface area contributed by atoms with E-state index in [-0.39, 0.29) is 11.8 Å². The number of thiophene rings is 1. The highest BCUT2D eigenvalue weighted by Gasteiger charge is 2.20. The summed E-state index contributed by atoms with van der Waals surface area (Å²) >= 11 is 1.58. The SMILES string of the molecule is NCCC(C(=O)Nc1ccc2nnccc2c1)c1ccsc1. The molecular formula is C16H16N4OS. The minimum Gasteiger partial charge on any atom is -0.330 e. The summed E-state index contributed by atoms with van der Waals surface area (Å²) in [5.41, 5.74) is 8.22. The van der Waals surface area contributed by atoms with Crippen LogP contribution in [0.3, 0.4) is 0 Å². The Balaban J connectivity index is 1.81. The van der Waals surface area contributed by atoms with Crippen molar-refractivity contribution < 1.29 is 4.79 Å². The summed E-state index contributed by atoms with van der Waals surface area (Å²) in [6.07, 6.45) is 2.26. The van der Waals surface area contributed by atoms with Crippen LogP contribution in [0.15, 0.2) is 47.3 Å². The molecule has 1 atom stereocenters. The molecule has 5 nitrogen and oxygen atoms in total. The molecule has 3 N–H and O–H groups in total. The van der Waals surface area contributed by atoms with Crippen LogP contribution in [0, 0.1) is 0 Å². The van der Waals surface area contributed by atoms with Gasteiger partial charge in [-0.15, -0.1) is 0 Å². The predicted octanol–water partition coefficient (Wildman–Crippen LogP) is 2.76. The van der Waals surface area contributed by atoms with Gasteiger partial charge in [0.05, 0.1) is 17.6 Å². The highest BCUT2D eigenvalue weighted by molar-refractivity contribution is 7.08. The molecule has 0 saturated heterocycles. The summed E-state index contributed by atoms with van der Waals surface area (Å²) < 4.78 is 0. The largest absolute Gasteiger partial charge is 0.330 e. The van der Waals surface area contributed by atoms with Crippen molar-refractivity contribution in [2.24, 2.45) is 5.73 Å². The minimum absolute atomic E-state index is 0.0368. The van der Waals surface area contributed by atoms with Crippen LogP contribution >= 0.6 is 11.3 Å². The average molecular weight is 312 g/mol. The highest BCUT2D eigenvalue weighted by atomic mass is 32.1. The van der Waals surface area contributed by atoms with Gasteiger partial charge >= 0.3 is 0 Å². The lowest BCUT2D eigenvalue weighted by Crippen LogP contribution is -2.23. The van der Waals surface area contributed by atoms with Crippen LogP contribution in [0.25, 0.3) is 10.9 Å². The normalized spacial score (nSPS) is 12.2. The monoisotopic (exact) mass is 312 g/mol. The number of nitrogens with one attached hydrogen (secondary N) is 1. The fourth-order valence-electron chi connectivity index (χ4n) is 2.38. The van der Waals surface area contributed by atoms with Gasteiger partial charge in [0.15, 0.2) is 0 Å². The highest BCUT2D eigenvalue weighted by Crippen LogP contribution is 2.24. The number of anilines is 1. The van der Waals surface area contributed by atoms with Gasteiger partial charge in [0.25, 0.3) is 0 Å². The zero-order valence-electron chi connectivity index (χ0n) is 11.9. The standard InChI is InChI=1S/C16H16N4OS/c17-6-3-14(12-5-8-22-10-12)16(21)19-13-1-2-15-11(9-13)4-7-18-20-15/h1-2,4-5,7-10,14H,3,6,17H2,(H,19,21). The molecule has 22 heavy (non-hydrogen) atoms. The van der Waals surface area contributed by atoms with Crippen LogP contribution in [0.4, 0.5) is 5.69 Å². The van der Waals surface area contributed by atoms with Crippen molar-refractivity contribution in [1.29, 1.82) is 0 Å². The molecule has 6 heteroatoms. The van der Waals surface area contributed by atoms with Crippen molar-refractivity contribution in [1.82, 2.24) is 10.2 Å². The third-order valence-electron chi connectivity index (χ3n) is 3.50. The van der Waals surface area contributed by atoms with E-state index in [9.17, 15) is 4.79 Å². The van der Waals surface area contributed by atoms with E-state index in [4.69, 9.17) is 5.73 Å². The number of hydrogen-bond donors (Lipinski definition) is 2. The van der Waals surface area contributed by atoms with Crippen LogP contribution in [0.2, 0.25) is 0 Å². The second kappa shape index (κ2) is 6.64. The van der Waals surface area contributed by atoms with Gasteiger partial charge in [-0.3, -0.25) is 4.79 Å². The molecule has 2 aromatic heterocycles. The molecular weight excluding hydrogens is 296 g/mol. The quantitative estimate of drug-likeness (QED) is 0.759. The third kappa shape index (κ3) is 3.13. The van der Waals surface area contributed by atoms with Crippen molar-refractivity contribution in [3.05, 3.63) is 52.9 Å². The number of hydrogen-bond acceptors (Lipinski definition) is 5. The molecule has 1 amide bonds. The smallest absolute Gasteiger partial charge is 0.231 e. The minimum atomic E-state index is -0.220. The number of nitrogens with two attached hydrogens (primary N) is 1. The van der Waals surface area contributed by atoms with E-state index in [1.807, 2.05) is 41.1 Å². The van der Waals surface area contributed by atoms with E-state index >= 15 is 0 Å². The lowest BCUT2D eigenvalue weighted by molar-refractivity contribution is -0.117. The predicted molar refractivity (Wildman–Crippen MR) is 88.9 cm³/mol. The van der Waals surface area contributed by atoms with E-state index < -0.39 is 0 Å². The van der Waals surface area contributed by atoms with Crippen LogP contribution in [-0.4, -0.2) is 22.6 Å². The number of fused-ring (bicyclic) bond motifs is 1. The van der Waals surface area contributed by atoms with Gasteiger partial charge in [-0.25, -0.2) is 0 Å². The molecule has 0 spiro atoms. The van der Waals surface area contributed by atoms with Gasteiger partial charge in [-0.1, -0.05) is 0 Å². The molecule has 112 valence electrons. The van der Waals surface area contributed by atoms with Crippen molar-refractivity contribution in [2.75, 3.05) is 11.9 Å². The number of benzene rings is 1. The Labute approximate surface area is 132 Å².